The Bertz CT molecular complexity index is 5720. The molecule has 0 radical (unpaired) electrons. The molecule has 6 heteroatoms. The highest BCUT2D eigenvalue weighted by Gasteiger charge is 2.25. The Morgan fingerprint density at radius 1 is 0.238 bits per heavy atom. The third-order valence-electron chi connectivity index (χ3n) is 18.0. The third-order valence-corrected chi connectivity index (χ3v) is 18.0. The summed E-state index contributed by atoms with van der Waals surface area (Å²) in [4.78, 5) is 0. The SMILES string of the molecule is C1=C(c2ccc3oc4ccccc4c3c2)CCc2c1c1cc(-c3ccc4oc5ccccc5c4c3)ccc1n2-c1cccc(-n2c3ccc(-c4ccc5oc6ccccc6c5c4)cc3c3cc(-c4ccc5oc6ccccc6c5c4)ccc32)c1. The van der Waals surface area contributed by atoms with Crippen LogP contribution in [0.1, 0.15) is 23.2 Å². The van der Waals surface area contributed by atoms with Crippen LogP contribution in [0.25, 0.3) is 177 Å². The Labute approximate surface area is 479 Å². The molecule has 392 valence electrons. The van der Waals surface area contributed by atoms with Gasteiger partial charge in [-0.05, 0) is 191 Å². The zero-order chi connectivity index (χ0) is 54.7. The Morgan fingerprint density at radius 3 is 1.01 bits per heavy atom. The average molecular weight is 1080 g/mol. The van der Waals surface area contributed by atoms with Crippen LogP contribution >= 0.6 is 0 Å². The lowest BCUT2D eigenvalue weighted by Gasteiger charge is -2.18. The second-order valence-electron chi connectivity index (χ2n) is 22.7. The maximum atomic E-state index is 6.30. The van der Waals surface area contributed by atoms with Crippen molar-refractivity contribution in [2.24, 2.45) is 0 Å². The van der Waals surface area contributed by atoms with E-state index in [1.807, 2.05) is 42.5 Å². The summed E-state index contributed by atoms with van der Waals surface area (Å²) < 4.78 is 30.1. The van der Waals surface area contributed by atoms with E-state index in [4.69, 9.17) is 17.7 Å². The number of hydrogen-bond acceptors (Lipinski definition) is 4. The standard InChI is InChI=1S/C78H46N2O4/c1-5-16-71-55(12-1)63-40-49(24-32-75(63)81-71)45-20-28-67-59(36-45)60-37-46(50-25-33-76-64(41-50)56-13-2-6-17-72(56)82-76)21-29-68(60)79(67)53-10-9-11-54(44-53)80-69-30-22-47(51-26-34-77-65(42-51)57-14-3-7-18-73(57)83-77)38-61(69)62-39-48(23-31-70(62)80)52-27-35-78-66(43-52)58-15-4-8-19-74(58)84-78/h1-22,24-30,32-44H,23,31H2. The molecule has 18 aromatic rings. The molecule has 0 spiro atoms. The minimum absolute atomic E-state index is 0.869. The van der Waals surface area contributed by atoms with Crippen molar-refractivity contribution in [3.8, 4) is 44.8 Å². The molecule has 0 saturated heterocycles. The zero-order valence-electron chi connectivity index (χ0n) is 45.2. The van der Waals surface area contributed by atoms with Crippen LogP contribution < -0.4 is 0 Å². The predicted octanol–water partition coefficient (Wildman–Crippen LogP) is 21.8. The van der Waals surface area contributed by atoms with E-state index in [0.29, 0.717) is 0 Å². The highest BCUT2D eigenvalue weighted by molar-refractivity contribution is 6.14. The van der Waals surface area contributed by atoms with Gasteiger partial charge in [0.05, 0.1) is 16.6 Å². The van der Waals surface area contributed by atoms with Crippen molar-refractivity contribution in [3.63, 3.8) is 0 Å². The van der Waals surface area contributed by atoms with Gasteiger partial charge in [0.15, 0.2) is 0 Å². The van der Waals surface area contributed by atoms with Gasteiger partial charge in [0.1, 0.15) is 44.7 Å². The van der Waals surface area contributed by atoms with Crippen molar-refractivity contribution in [2.45, 2.75) is 12.8 Å². The average Bonchev–Trinajstić information content (AvgIpc) is 3.68. The summed E-state index contributed by atoms with van der Waals surface area (Å²) in [6.45, 7) is 0. The number of fused-ring (bicyclic) bond motifs is 18. The molecule has 0 bridgehead atoms. The normalized spacial score (nSPS) is 13.0. The van der Waals surface area contributed by atoms with Crippen LogP contribution in [0.5, 0.6) is 0 Å². The number of benzene rings is 12. The van der Waals surface area contributed by atoms with Crippen molar-refractivity contribution in [2.75, 3.05) is 0 Å². The van der Waals surface area contributed by atoms with E-state index in [1.165, 1.54) is 44.1 Å². The largest absolute Gasteiger partial charge is 0.456 e. The molecule has 0 fully saturated rings. The molecule has 6 nitrogen and oxygen atoms in total. The molecule has 6 aromatic heterocycles. The second-order valence-corrected chi connectivity index (χ2v) is 22.7. The maximum Gasteiger partial charge on any atom is 0.135 e. The Hall–Kier alpha value is -11.1. The number of furan rings is 4. The molecule has 0 N–H and O–H groups in total. The summed E-state index contributed by atoms with van der Waals surface area (Å²) in [5, 5.41) is 12.6. The predicted molar refractivity (Wildman–Crippen MR) is 346 cm³/mol. The lowest BCUT2D eigenvalue weighted by molar-refractivity contribution is 0.668. The summed E-state index contributed by atoms with van der Waals surface area (Å²) >= 11 is 0. The highest BCUT2D eigenvalue weighted by atomic mass is 16.3. The maximum absolute atomic E-state index is 6.30. The second kappa shape index (κ2) is 17.2. The molecule has 0 saturated carbocycles. The van der Waals surface area contributed by atoms with Gasteiger partial charge in [0, 0.05) is 81.9 Å². The summed E-state index contributed by atoms with van der Waals surface area (Å²) in [6.07, 6.45) is 4.23. The first-order chi connectivity index (χ1) is 41.6. The molecule has 6 heterocycles. The van der Waals surface area contributed by atoms with Gasteiger partial charge in [-0.1, -0.05) is 121 Å². The van der Waals surface area contributed by atoms with Crippen LogP contribution in [0, 0.1) is 0 Å². The van der Waals surface area contributed by atoms with E-state index in [9.17, 15) is 0 Å². The zero-order valence-corrected chi connectivity index (χ0v) is 45.2. The van der Waals surface area contributed by atoms with Gasteiger partial charge in [-0.2, -0.15) is 0 Å². The molecular formula is C78H46N2O4. The summed E-state index contributed by atoms with van der Waals surface area (Å²) in [5.41, 5.74) is 24.8. The van der Waals surface area contributed by atoms with E-state index in [1.54, 1.807) is 0 Å². The molecule has 0 unspecified atom stereocenters. The number of rotatable bonds is 6. The van der Waals surface area contributed by atoms with E-state index in [-0.39, 0.29) is 0 Å². The number of hydrogen-bond donors (Lipinski definition) is 0. The smallest absolute Gasteiger partial charge is 0.135 e. The van der Waals surface area contributed by atoms with E-state index >= 15 is 0 Å². The first-order valence-electron chi connectivity index (χ1n) is 28.8. The quantitative estimate of drug-likeness (QED) is 0.166. The third kappa shape index (κ3) is 6.73. The topological polar surface area (TPSA) is 62.4 Å². The number of para-hydroxylation sites is 4. The molecule has 0 atom stereocenters. The fraction of sp³-hybridized carbons (Fsp3) is 0.0256. The molecule has 1 aliphatic rings. The van der Waals surface area contributed by atoms with Crippen LogP contribution in [0.4, 0.5) is 0 Å². The van der Waals surface area contributed by atoms with Crippen molar-refractivity contribution in [1.29, 1.82) is 0 Å². The van der Waals surface area contributed by atoms with Gasteiger partial charge in [0.25, 0.3) is 0 Å². The lowest BCUT2D eigenvalue weighted by Crippen LogP contribution is -2.06. The Balaban J connectivity index is 0.795. The molecular weight excluding hydrogens is 1030 g/mol. The molecule has 12 aromatic carbocycles. The first kappa shape index (κ1) is 45.6. The van der Waals surface area contributed by atoms with Crippen molar-refractivity contribution in [1.82, 2.24) is 9.13 Å². The van der Waals surface area contributed by atoms with Gasteiger partial charge in [0.2, 0.25) is 0 Å². The van der Waals surface area contributed by atoms with E-state index in [2.05, 4.69) is 221 Å². The van der Waals surface area contributed by atoms with Crippen LogP contribution in [0.3, 0.4) is 0 Å². The van der Waals surface area contributed by atoms with Crippen LogP contribution in [0.15, 0.2) is 266 Å². The molecule has 0 aliphatic heterocycles. The Morgan fingerprint density at radius 2 is 0.571 bits per heavy atom. The summed E-state index contributed by atoms with van der Waals surface area (Å²) in [6, 6.07) is 89.9. The van der Waals surface area contributed by atoms with Crippen LogP contribution in [-0.2, 0) is 6.42 Å². The van der Waals surface area contributed by atoms with E-state index in [0.717, 1.165) is 156 Å². The molecule has 19 rings (SSSR count). The fourth-order valence-corrected chi connectivity index (χ4v) is 14.1. The van der Waals surface area contributed by atoms with Gasteiger partial charge in [-0.15, -0.1) is 0 Å². The summed E-state index contributed by atoms with van der Waals surface area (Å²) in [7, 11) is 0. The van der Waals surface area contributed by atoms with Gasteiger partial charge < -0.3 is 26.8 Å². The molecule has 0 amide bonds. The highest BCUT2D eigenvalue weighted by Crippen LogP contribution is 2.45. The number of aromatic nitrogens is 2. The first-order valence-corrected chi connectivity index (χ1v) is 28.8. The monoisotopic (exact) mass is 1070 g/mol. The van der Waals surface area contributed by atoms with Crippen LogP contribution in [-0.4, -0.2) is 9.13 Å². The van der Waals surface area contributed by atoms with Crippen LogP contribution in [0.2, 0.25) is 0 Å². The number of allylic oxidation sites excluding steroid dienone is 1. The molecule has 84 heavy (non-hydrogen) atoms. The molecule has 1 aliphatic carbocycles. The minimum atomic E-state index is 0.869. The van der Waals surface area contributed by atoms with Crippen molar-refractivity contribution >= 4 is 132 Å². The van der Waals surface area contributed by atoms with Crippen molar-refractivity contribution < 1.29 is 17.7 Å². The summed E-state index contributed by atoms with van der Waals surface area (Å²) in [5.74, 6) is 0. The van der Waals surface area contributed by atoms with E-state index < -0.39 is 0 Å². The Kier molecular flexibility index (Phi) is 9.36. The number of nitrogens with zero attached hydrogens (tertiary/aromatic N) is 2. The fourth-order valence-electron chi connectivity index (χ4n) is 14.1. The van der Waals surface area contributed by atoms with Gasteiger partial charge in [-0.25, -0.2) is 0 Å². The van der Waals surface area contributed by atoms with Crippen molar-refractivity contribution in [3.05, 3.63) is 266 Å². The lowest BCUT2D eigenvalue weighted by atomic mass is 9.90. The minimum Gasteiger partial charge on any atom is -0.456 e. The van der Waals surface area contributed by atoms with Gasteiger partial charge >= 0.3 is 0 Å². The van der Waals surface area contributed by atoms with Gasteiger partial charge in [-0.3, -0.25) is 0 Å².